The van der Waals surface area contributed by atoms with Crippen molar-refractivity contribution in [3.05, 3.63) is 21.9 Å². The van der Waals surface area contributed by atoms with Crippen molar-refractivity contribution in [1.29, 1.82) is 0 Å². The first-order chi connectivity index (χ1) is 10.2. The summed E-state index contributed by atoms with van der Waals surface area (Å²) in [7, 11) is 0. The summed E-state index contributed by atoms with van der Waals surface area (Å²) in [6.07, 6.45) is -3.66. The highest BCUT2D eigenvalue weighted by molar-refractivity contribution is 7.10. The molecule has 0 radical (unpaired) electrons. The van der Waals surface area contributed by atoms with Crippen LogP contribution in [0.2, 0.25) is 0 Å². The summed E-state index contributed by atoms with van der Waals surface area (Å²) in [4.78, 5) is 14.7. The van der Waals surface area contributed by atoms with Gasteiger partial charge in [-0.15, -0.1) is 11.3 Å². The fraction of sp³-hybridized carbons (Fsp3) is 0.667. The summed E-state index contributed by atoms with van der Waals surface area (Å²) >= 11 is 1.66. The number of halogens is 3. The smallest absolute Gasteiger partial charge is 0.380 e. The molecule has 1 amide bonds. The number of alkyl halides is 3. The maximum Gasteiger partial charge on any atom is 0.417 e. The molecular formula is C15H20F3NO2S. The minimum absolute atomic E-state index is 0.0348. The van der Waals surface area contributed by atoms with Gasteiger partial charge in [-0.05, 0) is 36.8 Å². The van der Waals surface area contributed by atoms with Gasteiger partial charge in [-0.25, -0.2) is 0 Å². The van der Waals surface area contributed by atoms with Gasteiger partial charge in [0, 0.05) is 37.2 Å². The molecule has 0 bridgehead atoms. The fourth-order valence-corrected chi connectivity index (χ4v) is 3.58. The molecule has 1 aromatic rings. The third-order valence-electron chi connectivity index (χ3n) is 4.23. The Morgan fingerprint density at radius 2 is 2.05 bits per heavy atom. The van der Waals surface area contributed by atoms with Crippen LogP contribution in [-0.2, 0) is 11.2 Å². The Morgan fingerprint density at radius 3 is 2.55 bits per heavy atom. The Morgan fingerprint density at radius 1 is 1.41 bits per heavy atom. The van der Waals surface area contributed by atoms with Crippen molar-refractivity contribution < 1.29 is 23.1 Å². The quantitative estimate of drug-likeness (QED) is 0.917. The van der Waals surface area contributed by atoms with Crippen LogP contribution in [0.5, 0.6) is 0 Å². The summed E-state index contributed by atoms with van der Waals surface area (Å²) in [5, 5.41) is 11.6. The van der Waals surface area contributed by atoms with Crippen LogP contribution in [0.15, 0.2) is 11.4 Å². The minimum Gasteiger partial charge on any atom is -0.380 e. The highest BCUT2D eigenvalue weighted by Gasteiger charge is 2.54. The topological polar surface area (TPSA) is 40.5 Å². The van der Waals surface area contributed by atoms with Gasteiger partial charge in [0.2, 0.25) is 5.91 Å². The summed E-state index contributed by atoms with van der Waals surface area (Å²) in [5.74, 6) is -0.126. The van der Waals surface area contributed by atoms with Crippen molar-refractivity contribution in [3.63, 3.8) is 0 Å². The Labute approximate surface area is 131 Å². The number of piperidine rings is 1. The van der Waals surface area contributed by atoms with Crippen LogP contribution in [0, 0.1) is 6.92 Å². The van der Waals surface area contributed by atoms with Crippen LogP contribution in [0.25, 0.3) is 0 Å². The predicted octanol–water partition coefficient (Wildman–Crippen LogP) is 3.30. The number of carbonyl (C=O) groups excluding carboxylic acids is 1. The molecule has 1 aliphatic rings. The van der Waals surface area contributed by atoms with Crippen LogP contribution in [-0.4, -0.2) is 40.8 Å². The van der Waals surface area contributed by atoms with E-state index in [4.69, 9.17) is 0 Å². The third-order valence-corrected chi connectivity index (χ3v) is 5.32. The molecular weight excluding hydrogens is 315 g/mol. The molecule has 1 fully saturated rings. The lowest BCUT2D eigenvalue weighted by Gasteiger charge is -2.39. The van der Waals surface area contributed by atoms with E-state index < -0.39 is 24.6 Å². The summed E-state index contributed by atoms with van der Waals surface area (Å²) in [6.45, 7) is 1.95. The molecule has 1 aliphatic heterocycles. The largest absolute Gasteiger partial charge is 0.417 e. The molecule has 1 saturated heterocycles. The predicted molar refractivity (Wildman–Crippen MR) is 78.8 cm³/mol. The number of nitrogens with zero attached hydrogens (tertiary/aromatic N) is 1. The van der Waals surface area contributed by atoms with E-state index in [0.29, 0.717) is 12.8 Å². The molecule has 0 aromatic carbocycles. The van der Waals surface area contributed by atoms with Gasteiger partial charge in [-0.3, -0.25) is 4.79 Å². The monoisotopic (exact) mass is 335 g/mol. The standard InChI is InChI=1S/C15H20F3NO2S/c1-11-5-10-22-12(11)3-2-4-13(20)19-8-6-14(21,7-9-19)15(16,17)18/h5,10,21H,2-4,6-9H2,1H3. The second-order valence-corrected chi connectivity index (χ2v) is 6.79. The first-order valence-corrected chi connectivity index (χ1v) is 8.21. The second kappa shape index (κ2) is 6.58. The molecule has 3 nitrogen and oxygen atoms in total. The maximum absolute atomic E-state index is 12.7. The molecule has 124 valence electrons. The van der Waals surface area contributed by atoms with Gasteiger partial charge < -0.3 is 10.0 Å². The van der Waals surface area contributed by atoms with Gasteiger partial charge in [0.15, 0.2) is 5.60 Å². The van der Waals surface area contributed by atoms with Crippen molar-refractivity contribution in [2.45, 2.75) is 50.8 Å². The van der Waals surface area contributed by atoms with Gasteiger partial charge in [-0.1, -0.05) is 0 Å². The normalized spacial score (nSPS) is 18.5. The van der Waals surface area contributed by atoms with E-state index in [2.05, 4.69) is 0 Å². The average molecular weight is 335 g/mol. The number of hydrogen-bond donors (Lipinski definition) is 1. The number of carbonyl (C=O) groups is 1. The number of amides is 1. The highest BCUT2D eigenvalue weighted by Crippen LogP contribution is 2.38. The van der Waals surface area contributed by atoms with Crippen molar-refractivity contribution in [1.82, 2.24) is 4.90 Å². The molecule has 1 N–H and O–H groups in total. The van der Waals surface area contributed by atoms with Crippen molar-refractivity contribution in [3.8, 4) is 0 Å². The molecule has 2 rings (SSSR count). The summed E-state index contributed by atoms with van der Waals surface area (Å²) in [6, 6.07) is 2.03. The molecule has 0 atom stereocenters. The first kappa shape index (κ1) is 17.3. The van der Waals surface area contributed by atoms with E-state index in [1.54, 1.807) is 11.3 Å². The lowest BCUT2D eigenvalue weighted by molar-refractivity contribution is -0.272. The Balaban J connectivity index is 1.77. The average Bonchev–Trinajstić information content (AvgIpc) is 2.84. The van der Waals surface area contributed by atoms with Gasteiger partial charge in [-0.2, -0.15) is 13.2 Å². The molecule has 0 spiro atoms. The summed E-state index contributed by atoms with van der Waals surface area (Å²) < 4.78 is 38.1. The van der Waals surface area contributed by atoms with Crippen molar-refractivity contribution in [2.75, 3.05) is 13.1 Å². The number of aliphatic hydroxyl groups is 1. The molecule has 7 heteroatoms. The summed E-state index contributed by atoms with van der Waals surface area (Å²) in [5.41, 5.74) is -1.43. The zero-order valence-corrected chi connectivity index (χ0v) is 13.3. The number of aryl methyl sites for hydroxylation is 2. The van der Waals surface area contributed by atoms with E-state index in [1.165, 1.54) is 15.3 Å². The van der Waals surface area contributed by atoms with E-state index in [1.807, 2.05) is 18.4 Å². The first-order valence-electron chi connectivity index (χ1n) is 7.33. The SMILES string of the molecule is Cc1ccsc1CCCC(=O)N1CCC(O)(C(F)(F)F)CC1. The van der Waals surface area contributed by atoms with Crippen LogP contribution in [0.4, 0.5) is 13.2 Å². The molecule has 1 aromatic heterocycles. The third kappa shape index (κ3) is 3.81. The van der Waals surface area contributed by atoms with Crippen molar-refractivity contribution >= 4 is 17.2 Å². The maximum atomic E-state index is 12.7. The molecule has 0 aliphatic carbocycles. The van der Waals surface area contributed by atoms with Gasteiger partial charge in [0.25, 0.3) is 0 Å². The highest BCUT2D eigenvalue weighted by atomic mass is 32.1. The molecule has 2 heterocycles. The van der Waals surface area contributed by atoms with E-state index >= 15 is 0 Å². The Kier molecular flexibility index (Phi) is 5.17. The number of likely N-dealkylation sites (tertiary alicyclic amines) is 1. The zero-order valence-electron chi connectivity index (χ0n) is 12.4. The van der Waals surface area contributed by atoms with Crippen LogP contribution in [0.1, 0.15) is 36.1 Å². The Bertz CT molecular complexity index is 519. The van der Waals surface area contributed by atoms with Crippen molar-refractivity contribution in [2.24, 2.45) is 0 Å². The van der Waals surface area contributed by atoms with Crippen LogP contribution >= 0.6 is 11.3 Å². The van der Waals surface area contributed by atoms with E-state index in [9.17, 15) is 23.1 Å². The van der Waals surface area contributed by atoms with E-state index in [-0.39, 0.29) is 19.0 Å². The number of thiophene rings is 1. The number of hydrogen-bond acceptors (Lipinski definition) is 3. The minimum atomic E-state index is -4.63. The lowest BCUT2D eigenvalue weighted by atomic mass is 9.90. The molecule has 22 heavy (non-hydrogen) atoms. The van der Waals surface area contributed by atoms with Crippen LogP contribution in [0.3, 0.4) is 0 Å². The molecule has 0 unspecified atom stereocenters. The number of rotatable bonds is 4. The van der Waals surface area contributed by atoms with Gasteiger partial charge in [0.05, 0.1) is 0 Å². The van der Waals surface area contributed by atoms with Crippen LogP contribution < -0.4 is 0 Å². The fourth-order valence-electron chi connectivity index (χ4n) is 2.63. The van der Waals surface area contributed by atoms with E-state index in [0.717, 1.165) is 6.42 Å². The Hall–Kier alpha value is -1.08. The zero-order chi connectivity index (χ0) is 16.4. The lowest BCUT2D eigenvalue weighted by Crippen LogP contribution is -2.54. The molecule has 0 saturated carbocycles. The second-order valence-electron chi connectivity index (χ2n) is 5.79. The van der Waals surface area contributed by atoms with Gasteiger partial charge in [0.1, 0.15) is 0 Å². The van der Waals surface area contributed by atoms with Gasteiger partial charge >= 0.3 is 6.18 Å².